The molecule has 5 atom stereocenters. The minimum absolute atomic E-state index is 0.212. The molecule has 0 bridgehead atoms. The number of aliphatic hydroxyl groups is 4. The lowest BCUT2D eigenvalue weighted by atomic mass is 9.98. The van der Waals surface area contributed by atoms with Gasteiger partial charge in [0.15, 0.2) is 6.23 Å². The van der Waals surface area contributed by atoms with E-state index in [2.05, 4.69) is 0 Å². The Morgan fingerprint density at radius 2 is 1.78 bits per heavy atom. The molecule has 8 heteroatoms. The molecule has 130 valence electrons. The zero-order valence-electron chi connectivity index (χ0n) is 12.5. The van der Waals surface area contributed by atoms with E-state index >= 15 is 0 Å². The van der Waals surface area contributed by atoms with Gasteiger partial charge in [-0.15, -0.1) is 11.6 Å². The summed E-state index contributed by atoms with van der Waals surface area (Å²) in [7, 11) is 0. The largest absolute Gasteiger partial charge is 0.394 e. The lowest BCUT2D eigenvalue weighted by Crippen LogP contribution is -2.63. The summed E-state index contributed by atoms with van der Waals surface area (Å²) >= 11 is 5.76. The molecule has 0 amide bonds. The van der Waals surface area contributed by atoms with Crippen LogP contribution in [0.2, 0.25) is 0 Å². The topological polar surface area (TPSA) is 103 Å². The molecular formula is C15H22ClNO6. The summed E-state index contributed by atoms with van der Waals surface area (Å²) in [6, 6.07) is 9.40. The van der Waals surface area contributed by atoms with Crippen molar-refractivity contribution in [2.45, 2.75) is 37.3 Å². The maximum absolute atomic E-state index is 10.1. The van der Waals surface area contributed by atoms with Gasteiger partial charge >= 0.3 is 0 Å². The predicted octanol–water partition coefficient (Wildman–Crippen LogP) is -0.541. The van der Waals surface area contributed by atoms with Crippen molar-refractivity contribution in [2.75, 3.05) is 19.0 Å². The van der Waals surface area contributed by atoms with Crippen molar-refractivity contribution < 1.29 is 30.0 Å². The number of alkyl halides is 1. The molecule has 1 saturated heterocycles. The first kappa shape index (κ1) is 18.6. The SMILES string of the molecule is OC[C@H]1O[C@H](N(CCCl)OCc2ccccc2)[C@@H](O)[C@@H](O)[C@@H]1O. The van der Waals surface area contributed by atoms with Crippen LogP contribution < -0.4 is 0 Å². The zero-order chi connectivity index (χ0) is 16.8. The Morgan fingerprint density at radius 1 is 1.09 bits per heavy atom. The van der Waals surface area contributed by atoms with E-state index in [-0.39, 0.29) is 19.0 Å². The lowest BCUT2D eigenvalue weighted by molar-refractivity contribution is -0.337. The van der Waals surface area contributed by atoms with Gasteiger partial charge in [-0.25, -0.2) is 0 Å². The number of ether oxygens (including phenoxy) is 1. The highest BCUT2D eigenvalue weighted by Crippen LogP contribution is 2.24. The fraction of sp³-hybridized carbons (Fsp3) is 0.600. The number of hydroxylamine groups is 2. The van der Waals surface area contributed by atoms with Crippen molar-refractivity contribution in [1.29, 1.82) is 0 Å². The second-order valence-corrected chi connectivity index (χ2v) is 5.69. The first-order valence-corrected chi connectivity index (χ1v) is 7.92. The van der Waals surface area contributed by atoms with E-state index in [0.717, 1.165) is 5.56 Å². The first-order chi connectivity index (χ1) is 11.1. The van der Waals surface area contributed by atoms with Gasteiger partial charge in [0.2, 0.25) is 0 Å². The van der Waals surface area contributed by atoms with E-state index in [1.165, 1.54) is 5.06 Å². The molecule has 1 aliphatic rings. The third-order valence-electron chi connectivity index (χ3n) is 3.70. The van der Waals surface area contributed by atoms with Crippen LogP contribution in [-0.4, -0.2) is 75.2 Å². The highest BCUT2D eigenvalue weighted by atomic mass is 35.5. The van der Waals surface area contributed by atoms with Crippen LogP contribution in [0.3, 0.4) is 0 Å². The van der Waals surface area contributed by atoms with Crippen LogP contribution >= 0.6 is 11.6 Å². The number of halogens is 1. The highest BCUT2D eigenvalue weighted by Gasteiger charge is 2.46. The third kappa shape index (κ3) is 4.62. The Bertz CT molecular complexity index is 463. The van der Waals surface area contributed by atoms with Crippen LogP contribution in [0.5, 0.6) is 0 Å². The fourth-order valence-electron chi connectivity index (χ4n) is 2.40. The summed E-state index contributed by atoms with van der Waals surface area (Å²) in [4.78, 5) is 5.64. The van der Waals surface area contributed by atoms with Crippen molar-refractivity contribution >= 4 is 11.6 Å². The quantitative estimate of drug-likeness (QED) is 0.388. The molecule has 0 radical (unpaired) electrons. The number of hydrogen-bond acceptors (Lipinski definition) is 7. The van der Waals surface area contributed by atoms with Crippen LogP contribution in [0.25, 0.3) is 0 Å². The summed E-state index contributed by atoms with van der Waals surface area (Å²) in [5, 5.41) is 40.4. The minimum atomic E-state index is -1.45. The Labute approximate surface area is 139 Å². The summed E-state index contributed by atoms with van der Waals surface area (Å²) < 4.78 is 5.47. The van der Waals surface area contributed by atoms with E-state index < -0.39 is 37.3 Å². The van der Waals surface area contributed by atoms with Crippen LogP contribution in [0.15, 0.2) is 30.3 Å². The molecule has 1 fully saturated rings. The molecular weight excluding hydrogens is 326 g/mol. The van der Waals surface area contributed by atoms with E-state index in [1.54, 1.807) is 0 Å². The molecule has 4 N–H and O–H groups in total. The van der Waals surface area contributed by atoms with Gasteiger partial charge in [0, 0.05) is 12.4 Å². The summed E-state index contributed by atoms with van der Waals surface area (Å²) in [5.74, 6) is 0.212. The van der Waals surface area contributed by atoms with Gasteiger partial charge < -0.3 is 25.2 Å². The van der Waals surface area contributed by atoms with Crippen molar-refractivity contribution in [2.24, 2.45) is 0 Å². The van der Waals surface area contributed by atoms with Crippen LogP contribution in [0.1, 0.15) is 5.56 Å². The maximum Gasteiger partial charge on any atom is 0.162 e. The second kappa shape index (κ2) is 8.91. The van der Waals surface area contributed by atoms with Crippen molar-refractivity contribution in [3.8, 4) is 0 Å². The summed E-state index contributed by atoms with van der Waals surface area (Å²) in [5.41, 5.74) is 0.914. The van der Waals surface area contributed by atoms with E-state index in [0.29, 0.717) is 0 Å². The summed E-state index contributed by atoms with van der Waals surface area (Å²) in [6.45, 7) is -0.0291. The average Bonchev–Trinajstić information content (AvgIpc) is 2.58. The normalized spacial score (nSPS) is 31.5. The van der Waals surface area contributed by atoms with Crippen LogP contribution in [0, 0.1) is 0 Å². The van der Waals surface area contributed by atoms with Gasteiger partial charge in [-0.05, 0) is 5.56 Å². The van der Waals surface area contributed by atoms with E-state index in [1.807, 2.05) is 30.3 Å². The standard InChI is InChI=1S/C15H22ClNO6/c16-6-7-17(22-9-10-4-2-1-3-5-10)15-14(21)13(20)12(19)11(8-18)23-15/h1-5,11-15,18-21H,6-9H2/t11-,12-,13+,14+,15+/m1/s1. The minimum Gasteiger partial charge on any atom is -0.394 e. The van der Waals surface area contributed by atoms with E-state index in [4.69, 9.17) is 21.2 Å². The van der Waals surface area contributed by atoms with Gasteiger partial charge in [-0.3, -0.25) is 4.84 Å². The Kier molecular flexibility index (Phi) is 7.19. The Morgan fingerprint density at radius 3 is 2.39 bits per heavy atom. The molecule has 1 aromatic carbocycles. The van der Waals surface area contributed by atoms with Crippen LogP contribution in [-0.2, 0) is 16.2 Å². The van der Waals surface area contributed by atoms with Gasteiger partial charge in [-0.2, -0.15) is 5.06 Å². The first-order valence-electron chi connectivity index (χ1n) is 7.38. The number of rotatable bonds is 7. The molecule has 1 aliphatic heterocycles. The molecule has 23 heavy (non-hydrogen) atoms. The maximum atomic E-state index is 10.1. The molecule has 2 rings (SSSR count). The van der Waals surface area contributed by atoms with Gasteiger partial charge in [-0.1, -0.05) is 30.3 Å². The number of hydrogen-bond donors (Lipinski definition) is 4. The monoisotopic (exact) mass is 347 g/mol. The van der Waals surface area contributed by atoms with Gasteiger partial charge in [0.25, 0.3) is 0 Å². The Balaban J connectivity index is 2.06. The smallest absolute Gasteiger partial charge is 0.162 e. The van der Waals surface area contributed by atoms with Crippen LogP contribution in [0.4, 0.5) is 0 Å². The fourth-order valence-corrected chi connectivity index (χ4v) is 2.57. The molecule has 0 saturated carbocycles. The zero-order valence-corrected chi connectivity index (χ0v) is 13.3. The molecule has 1 aromatic rings. The van der Waals surface area contributed by atoms with Gasteiger partial charge in [0.05, 0.1) is 13.2 Å². The van der Waals surface area contributed by atoms with Crippen molar-refractivity contribution in [1.82, 2.24) is 5.06 Å². The molecule has 0 aliphatic carbocycles. The second-order valence-electron chi connectivity index (χ2n) is 5.31. The molecule has 7 nitrogen and oxygen atoms in total. The molecule has 0 spiro atoms. The number of nitrogens with zero attached hydrogens (tertiary/aromatic N) is 1. The number of aliphatic hydroxyl groups excluding tert-OH is 4. The predicted molar refractivity (Wildman–Crippen MR) is 82.4 cm³/mol. The van der Waals surface area contributed by atoms with Gasteiger partial charge in [0.1, 0.15) is 24.4 Å². The molecule has 0 aromatic heterocycles. The van der Waals surface area contributed by atoms with Crippen molar-refractivity contribution in [3.63, 3.8) is 0 Å². The van der Waals surface area contributed by atoms with E-state index in [9.17, 15) is 20.4 Å². The molecule has 1 heterocycles. The summed E-state index contributed by atoms with van der Waals surface area (Å²) in [6.07, 6.45) is -6.29. The average molecular weight is 348 g/mol. The highest BCUT2D eigenvalue weighted by molar-refractivity contribution is 6.18. The Hall–Kier alpha value is -0.770. The molecule has 0 unspecified atom stereocenters. The number of benzene rings is 1. The third-order valence-corrected chi connectivity index (χ3v) is 3.86. The van der Waals surface area contributed by atoms with Crippen molar-refractivity contribution in [3.05, 3.63) is 35.9 Å². The lowest BCUT2D eigenvalue weighted by Gasteiger charge is -2.43.